The van der Waals surface area contributed by atoms with E-state index in [1.807, 2.05) is 0 Å². The number of nitrogens with zero attached hydrogens (tertiary/aromatic N) is 1. The Kier molecular flexibility index (Phi) is 4.64. The van der Waals surface area contributed by atoms with E-state index in [-0.39, 0.29) is 0 Å². The van der Waals surface area contributed by atoms with Gasteiger partial charge in [0.15, 0.2) is 0 Å². The van der Waals surface area contributed by atoms with Gasteiger partial charge in [0.25, 0.3) is 0 Å². The topological polar surface area (TPSA) is 15.3 Å². The number of rotatable bonds is 3. The van der Waals surface area contributed by atoms with Gasteiger partial charge in [-0.15, -0.1) is 0 Å². The zero-order chi connectivity index (χ0) is 13.9. The summed E-state index contributed by atoms with van der Waals surface area (Å²) in [4.78, 5) is 2.64. The van der Waals surface area contributed by atoms with Crippen LogP contribution in [0.2, 0.25) is 0 Å². The normalized spacial score (nSPS) is 25.5. The van der Waals surface area contributed by atoms with E-state index < -0.39 is 0 Å². The van der Waals surface area contributed by atoms with E-state index >= 15 is 0 Å². The second-order valence-corrected chi connectivity index (χ2v) is 6.76. The molecule has 1 aromatic rings. The molecule has 19 heavy (non-hydrogen) atoms. The summed E-state index contributed by atoms with van der Waals surface area (Å²) in [5.74, 6) is 0. The van der Waals surface area contributed by atoms with Gasteiger partial charge in [-0.3, -0.25) is 4.90 Å². The van der Waals surface area contributed by atoms with Crippen molar-refractivity contribution in [2.24, 2.45) is 5.41 Å². The minimum atomic E-state index is 0.348. The van der Waals surface area contributed by atoms with Crippen LogP contribution in [0.5, 0.6) is 0 Å². The van der Waals surface area contributed by atoms with Crippen LogP contribution in [-0.2, 0) is 6.42 Å². The largest absolute Gasteiger partial charge is 0.311 e. The number of likely N-dealkylation sites (N-methyl/N-ethyl adjacent to an activating group) is 1. The SMILES string of the molecule is CCN1CC(Cc2ccccc2)NCC1C(C)(C)C. The van der Waals surface area contributed by atoms with Gasteiger partial charge in [0.05, 0.1) is 0 Å². The van der Waals surface area contributed by atoms with Crippen LogP contribution in [0.15, 0.2) is 30.3 Å². The van der Waals surface area contributed by atoms with Gasteiger partial charge in [0, 0.05) is 25.2 Å². The van der Waals surface area contributed by atoms with E-state index in [4.69, 9.17) is 0 Å². The predicted molar refractivity (Wildman–Crippen MR) is 82.4 cm³/mol. The van der Waals surface area contributed by atoms with Crippen LogP contribution < -0.4 is 5.32 Å². The van der Waals surface area contributed by atoms with E-state index in [1.54, 1.807) is 0 Å². The molecule has 0 amide bonds. The number of hydrogen-bond acceptors (Lipinski definition) is 2. The maximum atomic E-state index is 3.75. The highest BCUT2D eigenvalue weighted by Gasteiger charge is 2.34. The van der Waals surface area contributed by atoms with Gasteiger partial charge in [-0.05, 0) is 23.9 Å². The highest BCUT2D eigenvalue weighted by molar-refractivity contribution is 5.16. The smallest absolute Gasteiger partial charge is 0.0269 e. The zero-order valence-electron chi connectivity index (χ0n) is 12.8. The molecule has 0 saturated carbocycles. The van der Waals surface area contributed by atoms with Crippen molar-refractivity contribution in [3.05, 3.63) is 35.9 Å². The molecular weight excluding hydrogens is 232 g/mol. The average molecular weight is 260 g/mol. The van der Waals surface area contributed by atoms with Crippen LogP contribution in [0.3, 0.4) is 0 Å². The third kappa shape index (κ3) is 3.80. The molecule has 1 fully saturated rings. The van der Waals surface area contributed by atoms with Crippen molar-refractivity contribution in [2.75, 3.05) is 19.6 Å². The predicted octanol–water partition coefficient (Wildman–Crippen LogP) is 2.94. The van der Waals surface area contributed by atoms with Crippen molar-refractivity contribution in [3.8, 4) is 0 Å². The van der Waals surface area contributed by atoms with Crippen molar-refractivity contribution < 1.29 is 0 Å². The second-order valence-electron chi connectivity index (χ2n) is 6.76. The lowest BCUT2D eigenvalue weighted by Gasteiger charge is -2.46. The molecule has 0 aromatic heterocycles. The Hall–Kier alpha value is -0.860. The molecule has 0 spiro atoms. The summed E-state index contributed by atoms with van der Waals surface area (Å²) in [6.45, 7) is 12.7. The standard InChI is InChI=1S/C17H28N2/c1-5-19-13-15(11-14-9-7-6-8-10-14)18-12-16(19)17(2,3)4/h6-10,15-16,18H,5,11-13H2,1-4H3. The average Bonchev–Trinajstić information content (AvgIpc) is 2.38. The first-order chi connectivity index (χ1) is 9.00. The van der Waals surface area contributed by atoms with Crippen LogP contribution in [0, 0.1) is 5.41 Å². The third-order valence-electron chi connectivity index (χ3n) is 4.23. The van der Waals surface area contributed by atoms with Gasteiger partial charge >= 0.3 is 0 Å². The zero-order valence-corrected chi connectivity index (χ0v) is 12.8. The lowest BCUT2D eigenvalue weighted by molar-refractivity contribution is 0.0604. The molecule has 2 atom stereocenters. The Morgan fingerprint density at radius 3 is 2.47 bits per heavy atom. The fourth-order valence-corrected chi connectivity index (χ4v) is 3.12. The maximum absolute atomic E-state index is 3.75. The van der Waals surface area contributed by atoms with Crippen LogP contribution in [-0.4, -0.2) is 36.6 Å². The number of benzene rings is 1. The van der Waals surface area contributed by atoms with Crippen LogP contribution in [0.25, 0.3) is 0 Å². The molecule has 0 bridgehead atoms. The Bertz CT molecular complexity index is 380. The Balaban J connectivity index is 1.97. The molecule has 2 unspecified atom stereocenters. The van der Waals surface area contributed by atoms with E-state index in [9.17, 15) is 0 Å². The van der Waals surface area contributed by atoms with Crippen molar-refractivity contribution in [2.45, 2.75) is 46.2 Å². The number of nitrogens with one attached hydrogen (secondary N) is 1. The quantitative estimate of drug-likeness (QED) is 0.899. The number of piperazine rings is 1. The van der Waals surface area contributed by atoms with Gasteiger partial charge in [-0.2, -0.15) is 0 Å². The van der Waals surface area contributed by atoms with E-state index in [2.05, 4.69) is 68.2 Å². The van der Waals surface area contributed by atoms with Crippen LogP contribution in [0.1, 0.15) is 33.3 Å². The molecule has 1 aromatic carbocycles. The first-order valence-corrected chi connectivity index (χ1v) is 7.52. The molecule has 1 aliphatic heterocycles. The molecule has 2 heteroatoms. The maximum Gasteiger partial charge on any atom is 0.0269 e. The molecule has 1 saturated heterocycles. The summed E-state index contributed by atoms with van der Waals surface area (Å²) in [5, 5.41) is 3.75. The van der Waals surface area contributed by atoms with Gasteiger partial charge in [0.2, 0.25) is 0 Å². The van der Waals surface area contributed by atoms with Crippen molar-refractivity contribution in [1.82, 2.24) is 10.2 Å². The minimum absolute atomic E-state index is 0.348. The third-order valence-corrected chi connectivity index (χ3v) is 4.23. The molecule has 2 rings (SSSR count). The minimum Gasteiger partial charge on any atom is -0.311 e. The fraction of sp³-hybridized carbons (Fsp3) is 0.647. The second kappa shape index (κ2) is 6.06. The van der Waals surface area contributed by atoms with Crippen LogP contribution in [0.4, 0.5) is 0 Å². The Labute approximate surface area is 118 Å². The highest BCUT2D eigenvalue weighted by Crippen LogP contribution is 2.26. The van der Waals surface area contributed by atoms with E-state index in [0.29, 0.717) is 17.5 Å². The molecule has 0 radical (unpaired) electrons. The lowest BCUT2D eigenvalue weighted by Crippen LogP contribution is -2.60. The van der Waals surface area contributed by atoms with E-state index in [0.717, 1.165) is 26.1 Å². The summed E-state index contributed by atoms with van der Waals surface area (Å²) in [6, 6.07) is 12.0. The summed E-state index contributed by atoms with van der Waals surface area (Å²) < 4.78 is 0. The molecule has 1 aliphatic rings. The summed E-state index contributed by atoms with van der Waals surface area (Å²) in [6.07, 6.45) is 1.13. The molecule has 1 N–H and O–H groups in total. The summed E-state index contributed by atoms with van der Waals surface area (Å²) in [7, 11) is 0. The molecule has 106 valence electrons. The van der Waals surface area contributed by atoms with Crippen molar-refractivity contribution in [1.29, 1.82) is 0 Å². The van der Waals surface area contributed by atoms with E-state index in [1.165, 1.54) is 5.56 Å². The Morgan fingerprint density at radius 2 is 1.89 bits per heavy atom. The molecule has 1 heterocycles. The first kappa shape index (κ1) is 14.5. The highest BCUT2D eigenvalue weighted by atomic mass is 15.2. The molecule has 2 nitrogen and oxygen atoms in total. The van der Waals surface area contributed by atoms with Gasteiger partial charge < -0.3 is 5.32 Å². The summed E-state index contributed by atoms with van der Waals surface area (Å²) >= 11 is 0. The van der Waals surface area contributed by atoms with Crippen molar-refractivity contribution >= 4 is 0 Å². The van der Waals surface area contributed by atoms with Crippen molar-refractivity contribution in [3.63, 3.8) is 0 Å². The lowest BCUT2D eigenvalue weighted by atomic mass is 9.83. The monoisotopic (exact) mass is 260 g/mol. The fourth-order valence-electron chi connectivity index (χ4n) is 3.12. The van der Waals surface area contributed by atoms with Gasteiger partial charge in [-0.1, -0.05) is 58.0 Å². The first-order valence-electron chi connectivity index (χ1n) is 7.52. The van der Waals surface area contributed by atoms with Gasteiger partial charge in [-0.25, -0.2) is 0 Å². The Morgan fingerprint density at radius 1 is 1.21 bits per heavy atom. The molecular formula is C17H28N2. The van der Waals surface area contributed by atoms with Crippen LogP contribution >= 0.6 is 0 Å². The summed E-state index contributed by atoms with van der Waals surface area (Å²) in [5.41, 5.74) is 1.78. The number of hydrogen-bond donors (Lipinski definition) is 1. The molecule has 0 aliphatic carbocycles. The van der Waals surface area contributed by atoms with Gasteiger partial charge in [0.1, 0.15) is 0 Å².